The molecular weight excluding hydrogens is 384 g/mol. The van der Waals surface area contributed by atoms with Crippen molar-refractivity contribution >= 4 is 50.2 Å². The van der Waals surface area contributed by atoms with Gasteiger partial charge in [0.15, 0.2) is 5.13 Å². The van der Waals surface area contributed by atoms with Gasteiger partial charge >= 0.3 is 5.97 Å². The zero-order chi connectivity index (χ0) is 19.2. The number of carbonyl (C=O) groups excluding carboxylic acids is 2. The Bertz CT molecular complexity index is 954. The van der Waals surface area contributed by atoms with Crippen LogP contribution in [0.3, 0.4) is 0 Å². The van der Waals surface area contributed by atoms with E-state index in [0.717, 1.165) is 28.6 Å². The summed E-state index contributed by atoms with van der Waals surface area (Å²) >= 11 is 7.18. The number of carbonyl (C=O) groups is 2. The summed E-state index contributed by atoms with van der Waals surface area (Å²) in [4.78, 5) is 28.7. The second-order valence-electron chi connectivity index (χ2n) is 6.04. The molecule has 1 aromatic heterocycles. The van der Waals surface area contributed by atoms with E-state index in [1.807, 2.05) is 19.1 Å². The van der Waals surface area contributed by atoms with E-state index in [2.05, 4.69) is 10.3 Å². The van der Waals surface area contributed by atoms with Crippen LogP contribution >= 0.6 is 22.9 Å². The first kappa shape index (κ1) is 19.3. The minimum atomic E-state index is -0.341. The lowest BCUT2D eigenvalue weighted by atomic mass is 10.1. The van der Waals surface area contributed by atoms with Gasteiger partial charge in [0.05, 0.1) is 28.8 Å². The van der Waals surface area contributed by atoms with Gasteiger partial charge in [0, 0.05) is 5.02 Å². The first-order chi connectivity index (χ1) is 13.0. The number of esters is 1. The lowest BCUT2D eigenvalue weighted by molar-refractivity contribution is -0.115. The van der Waals surface area contributed by atoms with Gasteiger partial charge in [-0.2, -0.15) is 0 Å². The fourth-order valence-electron chi connectivity index (χ4n) is 2.45. The number of nitrogens with zero attached hydrogens (tertiary/aromatic N) is 1. The summed E-state index contributed by atoms with van der Waals surface area (Å²) in [5.41, 5.74) is 2.09. The molecule has 0 bridgehead atoms. The number of nitrogens with one attached hydrogen (secondary N) is 1. The van der Waals surface area contributed by atoms with Gasteiger partial charge in [-0.3, -0.25) is 4.79 Å². The number of fused-ring (bicyclic) bond motifs is 1. The molecule has 0 fully saturated rings. The highest BCUT2D eigenvalue weighted by atomic mass is 35.5. The van der Waals surface area contributed by atoms with Crippen molar-refractivity contribution in [2.45, 2.75) is 26.2 Å². The van der Waals surface area contributed by atoms with Crippen LogP contribution in [0.1, 0.15) is 35.7 Å². The van der Waals surface area contributed by atoms with Crippen molar-refractivity contribution in [3.05, 3.63) is 58.6 Å². The van der Waals surface area contributed by atoms with E-state index in [9.17, 15) is 9.59 Å². The summed E-state index contributed by atoms with van der Waals surface area (Å²) in [6, 6.07) is 12.3. The van der Waals surface area contributed by atoms with Crippen molar-refractivity contribution < 1.29 is 14.3 Å². The molecule has 0 spiro atoms. The Morgan fingerprint density at radius 3 is 2.70 bits per heavy atom. The summed E-state index contributed by atoms with van der Waals surface area (Å²) in [6.45, 7) is 2.46. The Balaban J connectivity index is 1.66. The van der Waals surface area contributed by atoms with Gasteiger partial charge < -0.3 is 10.1 Å². The second kappa shape index (κ2) is 8.97. The monoisotopic (exact) mass is 402 g/mol. The van der Waals surface area contributed by atoms with Crippen molar-refractivity contribution in [1.29, 1.82) is 0 Å². The Kier molecular flexibility index (Phi) is 6.42. The van der Waals surface area contributed by atoms with E-state index in [4.69, 9.17) is 16.3 Å². The zero-order valence-corrected chi connectivity index (χ0v) is 16.4. The van der Waals surface area contributed by atoms with Gasteiger partial charge in [-0.05, 0) is 42.3 Å². The number of amides is 1. The molecule has 0 unspecified atom stereocenters. The van der Waals surface area contributed by atoms with Crippen molar-refractivity contribution in [2.24, 2.45) is 0 Å². The molecule has 0 aliphatic carbocycles. The maximum Gasteiger partial charge on any atom is 0.338 e. The highest BCUT2D eigenvalue weighted by molar-refractivity contribution is 7.22. The van der Waals surface area contributed by atoms with Gasteiger partial charge in [-0.1, -0.05) is 48.4 Å². The Labute approximate surface area is 166 Å². The average molecular weight is 403 g/mol. The van der Waals surface area contributed by atoms with Crippen LogP contribution < -0.4 is 5.32 Å². The molecule has 0 aliphatic rings. The third-order valence-electron chi connectivity index (χ3n) is 3.88. The molecule has 0 saturated heterocycles. The zero-order valence-electron chi connectivity index (χ0n) is 14.8. The molecule has 7 heteroatoms. The molecule has 1 amide bonds. The van der Waals surface area contributed by atoms with Crippen molar-refractivity contribution in [1.82, 2.24) is 4.98 Å². The molecule has 0 radical (unpaired) electrons. The topological polar surface area (TPSA) is 68.3 Å². The molecule has 5 nitrogen and oxygen atoms in total. The van der Waals surface area contributed by atoms with Crippen molar-refractivity contribution in [2.75, 3.05) is 11.9 Å². The third-order valence-corrected chi connectivity index (χ3v) is 5.07. The standard InChI is InChI=1S/C20H19ClN2O3S/c1-2-3-10-26-19(25)14-6-9-16-17(12-14)27-20(22-16)23-18(24)11-13-4-7-15(21)8-5-13/h4-9,12H,2-3,10-11H2,1H3,(H,22,23,24). The average Bonchev–Trinajstić information content (AvgIpc) is 3.04. The first-order valence-electron chi connectivity index (χ1n) is 8.67. The van der Waals surface area contributed by atoms with E-state index in [-0.39, 0.29) is 18.3 Å². The summed E-state index contributed by atoms with van der Waals surface area (Å²) in [5.74, 6) is -0.498. The lowest BCUT2D eigenvalue weighted by Gasteiger charge is -2.03. The molecule has 3 aromatic rings. The Morgan fingerprint density at radius 2 is 1.96 bits per heavy atom. The number of unbranched alkanes of at least 4 members (excludes halogenated alkanes) is 1. The largest absolute Gasteiger partial charge is 0.462 e. The minimum Gasteiger partial charge on any atom is -0.462 e. The van der Waals surface area contributed by atoms with E-state index >= 15 is 0 Å². The number of thiazole rings is 1. The quantitative estimate of drug-likeness (QED) is 0.441. The maximum atomic E-state index is 12.2. The minimum absolute atomic E-state index is 0.157. The molecule has 2 aromatic carbocycles. The summed E-state index contributed by atoms with van der Waals surface area (Å²) < 4.78 is 6.05. The lowest BCUT2D eigenvalue weighted by Crippen LogP contribution is -2.14. The second-order valence-corrected chi connectivity index (χ2v) is 7.51. The van der Waals surface area contributed by atoms with E-state index < -0.39 is 0 Å². The molecule has 0 atom stereocenters. The normalized spacial score (nSPS) is 10.7. The molecule has 1 N–H and O–H groups in total. The van der Waals surface area contributed by atoms with Gasteiger partial charge in [-0.25, -0.2) is 9.78 Å². The highest BCUT2D eigenvalue weighted by Crippen LogP contribution is 2.27. The predicted octanol–water partition coefficient (Wildman–Crippen LogP) is 5.09. The van der Waals surface area contributed by atoms with Crippen LogP contribution in [0.2, 0.25) is 5.02 Å². The van der Waals surface area contributed by atoms with E-state index in [1.54, 1.807) is 30.3 Å². The van der Waals surface area contributed by atoms with Crippen LogP contribution in [-0.4, -0.2) is 23.5 Å². The third kappa shape index (κ3) is 5.28. The van der Waals surface area contributed by atoms with Crippen LogP contribution in [-0.2, 0) is 16.0 Å². The molecule has 0 saturated carbocycles. The number of hydrogen-bond acceptors (Lipinski definition) is 5. The number of ether oxygens (including phenoxy) is 1. The number of anilines is 1. The number of benzene rings is 2. The molecule has 0 aliphatic heterocycles. The highest BCUT2D eigenvalue weighted by Gasteiger charge is 2.12. The molecule has 1 heterocycles. The fourth-order valence-corrected chi connectivity index (χ4v) is 3.50. The van der Waals surface area contributed by atoms with Gasteiger partial charge in [-0.15, -0.1) is 0 Å². The van der Waals surface area contributed by atoms with E-state index in [0.29, 0.717) is 22.3 Å². The number of rotatable bonds is 7. The van der Waals surface area contributed by atoms with E-state index in [1.165, 1.54) is 11.3 Å². The summed E-state index contributed by atoms with van der Waals surface area (Å²) in [6.07, 6.45) is 2.06. The number of aromatic nitrogens is 1. The van der Waals surface area contributed by atoms with Crippen LogP contribution in [0, 0.1) is 0 Å². The van der Waals surface area contributed by atoms with Crippen LogP contribution in [0.25, 0.3) is 10.2 Å². The van der Waals surface area contributed by atoms with Gasteiger partial charge in [0.2, 0.25) is 5.91 Å². The number of hydrogen-bond donors (Lipinski definition) is 1. The molecule has 140 valence electrons. The first-order valence-corrected chi connectivity index (χ1v) is 9.86. The Morgan fingerprint density at radius 1 is 1.19 bits per heavy atom. The van der Waals surface area contributed by atoms with Gasteiger partial charge in [0.25, 0.3) is 0 Å². The molecule has 27 heavy (non-hydrogen) atoms. The van der Waals surface area contributed by atoms with Crippen molar-refractivity contribution in [3.63, 3.8) is 0 Å². The van der Waals surface area contributed by atoms with Crippen LogP contribution in [0.15, 0.2) is 42.5 Å². The summed E-state index contributed by atoms with van der Waals surface area (Å²) in [7, 11) is 0. The number of halogens is 1. The van der Waals surface area contributed by atoms with Crippen LogP contribution in [0.4, 0.5) is 5.13 Å². The van der Waals surface area contributed by atoms with Crippen molar-refractivity contribution in [3.8, 4) is 0 Å². The SMILES string of the molecule is CCCCOC(=O)c1ccc2nc(NC(=O)Cc3ccc(Cl)cc3)sc2c1. The summed E-state index contributed by atoms with van der Waals surface area (Å²) in [5, 5.41) is 3.94. The molecule has 3 rings (SSSR count). The Hall–Kier alpha value is -2.44. The van der Waals surface area contributed by atoms with Crippen LogP contribution in [0.5, 0.6) is 0 Å². The maximum absolute atomic E-state index is 12.2. The fraction of sp³-hybridized carbons (Fsp3) is 0.250. The molecular formula is C20H19ClN2O3S. The van der Waals surface area contributed by atoms with Gasteiger partial charge in [0.1, 0.15) is 0 Å². The predicted molar refractivity (Wildman–Crippen MR) is 109 cm³/mol. The smallest absolute Gasteiger partial charge is 0.338 e.